The van der Waals surface area contributed by atoms with Gasteiger partial charge in [-0.05, 0) is 44.4 Å². The number of hydrogen-bond acceptors (Lipinski definition) is 3. The summed E-state index contributed by atoms with van der Waals surface area (Å²) in [6, 6.07) is 4.05. The Morgan fingerprint density at radius 1 is 1.24 bits per heavy atom. The number of rotatable bonds is 6. The highest BCUT2D eigenvalue weighted by molar-refractivity contribution is 7.89. The highest BCUT2D eigenvalue weighted by Gasteiger charge is 2.28. The Labute approximate surface area is 126 Å². The molecule has 118 valence electrons. The summed E-state index contributed by atoms with van der Waals surface area (Å²) >= 11 is 0. The molecule has 0 heterocycles. The third-order valence-electron chi connectivity index (χ3n) is 3.17. The van der Waals surface area contributed by atoms with Crippen molar-refractivity contribution in [2.75, 3.05) is 6.54 Å². The van der Waals surface area contributed by atoms with Gasteiger partial charge in [0, 0.05) is 12.6 Å². The van der Waals surface area contributed by atoms with Crippen LogP contribution in [0, 0.1) is 12.8 Å². The van der Waals surface area contributed by atoms with Gasteiger partial charge in [-0.3, -0.25) is 0 Å². The minimum absolute atomic E-state index is 0.0179. The topological polar surface area (TPSA) is 74.7 Å². The molecule has 0 bridgehead atoms. The van der Waals surface area contributed by atoms with E-state index in [0.29, 0.717) is 12.1 Å². The molecule has 0 saturated heterocycles. The average molecular weight is 313 g/mol. The first-order valence-electron chi connectivity index (χ1n) is 6.93. The maximum absolute atomic E-state index is 12.7. The minimum atomic E-state index is -3.70. The number of hydrogen-bond donors (Lipinski definition) is 1. The van der Waals surface area contributed by atoms with Crippen LogP contribution in [0.15, 0.2) is 23.1 Å². The molecule has 1 N–H and O–H groups in total. The van der Waals surface area contributed by atoms with Gasteiger partial charge in [-0.25, -0.2) is 13.2 Å². The van der Waals surface area contributed by atoms with Crippen LogP contribution in [0.5, 0.6) is 0 Å². The van der Waals surface area contributed by atoms with E-state index < -0.39 is 16.0 Å². The zero-order chi connectivity index (χ0) is 16.4. The summed E-state index contributed by atoms with van der Waals surface area (Å²) in [5.41, 5.74) is 0.561. The molecule has 0 saturated carbocycles. The van der Waals surface area contributed by atoms with E-state index in [9.17, 15) is 13.2 Å². The Hall–Kier alpha value is -1.40. The van der Waals surface area contributed by atoms with Gasteiger partial charge >= 0.3 is 5.97 Å². The van der Waals surface area contributed by atoms with Gasteiger partial charge in [0.1, 0.15) is 0 Å². The van der Waals surface area contributed by atoms with E-state index in [0.717, 1.165) is 0 Å². The molecule has 1 aromatic carbocycles. The predicted molar refractivity (Wildman–Crippen MR) is 82.0 cm³/mol. The van der Waals surface area contributed by atoms with Crippen LogP contribution >= 0.6 is 0 Å². The molecule has 0 spiro atoms. The fourth-order valence-electron chi connectivity index (χ4n) is 2.07. The van der Waals surface area contributed by atoms with Gasteiger partial charge in [0.2, 0.25) is 10.0 Å². The summed E-state index contributed by atoms with van der Waals surface area (Å²) in [7, 11) is -3.70. The van der Waals surface area contributed by atoms with Gasteiger partial charge in [0.25, 0.3) is 0 Å². The molecule has 0 aliphatic carbocycles. The number of sulfonamides is 1. The first-order chi connectivity index (χ1) is 9.57. The van der Waals surface area contributed by atoms with E-state index in [2.05, 4.69) is 0 Å². The summed E-state index contributed by atoms with van der Waals surface area (Å²) < 4.78 is 26.9. The molecule has 0 aromatic heterocycles. The molecule has 0 atom stereocenters. The molecule has 1 aromatic rings. The third kappa shape index (κ3) is 4.04. The standard InChI is InChI=1S/C15H23NO4S/c1-10(2)9-16(11(3)4)21(19,20)13-7-6-12(5)14(8-13)15(17)18/h6-8,10-11H,9H2,1-5H3,(H,17,18). The smallest absolute Gasteiger partial charge is 0.335 e. The number of carboxylic acid groups (broad SMARTS) is 1. The summed E-state index contributed by atoms with van der Waals surface area (Å²) in [5.74, 6) is -0.934. The number of carboxylic acids is 1. The fourth-order valence-corrected chi connectivity index (χ4v) is 3.90. The highest BCUT2D eigenvalue weighted by atomic mass is 32.2. The third-order valence-corrected chi connectivity index (χ3v) is 5.20. The Kier molecular flexibility index (Phi) is 5.53. The lowest BCUT2D eigenvalue weighted by Gasteiger charge is -2.27. The number of carbonyl (C=O) groups is 1. The van der Waals surface area contributed by atoms with Gasteiger partial charge in [0.15, 0.2) is 0 Å². The maximum atomic E-state index is 12.7. The first kappa shape index (κ1) is 17.7. The molecule has 5 nitrogen and oxygen atoms in total. The largest absolute Gasteiger partial charge is 0.478 e. The second kappa shape index (κ2) is 6.58. The quantitative estimate of drug-likeness (QED) is 0.876. The van der Waals surface area contributed by atoms with Crippen molar-refractivity contribution in [3.8, 4) is 0 Å². The van der Waals surface area contributed by atoms with Crippen molar-refractivity contribution >= 4 is 16.0 Å². The lowest BCUT2D eigenvalue weighted by Crippen LogP contribution is -2.39. The molecule has 6 heteroatoms. The average Bonchev–Trinajstić information content (AvgIpc) is 2.35. The minimum Gasteiger partial charge on any atom is -0.478 e. The summed E-state index contributed by atoms with van der Waals surface area (Å²) in [6.45, 7) is 9.56. The molecule has 21 heavy (non-hydrogen) atoms. The van der Waals surface area contributed by atoms with Crippen molar-refractivity contribution in [3.05, 3.63) is 29.3 Å². The summed E-state index contributed by atoms with van der Waals surface area (Å²) in [4.78, 5) is 11.2. The monoisotopic (exact) mass is 313 g/mol. The van der Waals surface area contributed by atoms with Crippen molar-refractivity contribution in [1.82, 2.24) is 4.31 Å². The van der Waals surface area contributed by atoms with E-state index in [1.165, 1.54) is 22.5 Å². The zero-order valence-corrected chi connectivity index (χ0v) is 13.9. The van der Waals surface area contributed by atoms with Crippen molar-refractivity contribution < 1.29 is 18.3 Å². The number of aromatic carboxylic acids is 1. The molecule has 0 radical (unpaired) electrons. The normalized spacial score (nSPS) is 12.4. The Morgan fingerprint density at radius 3 is 2.24 bits per heavy atom. The van der Waals surface area contributed by atoms with Gasteiger partial charge in [-0.15, -0.1) is 0 Å². The molecular weight excluding hydrogens is 290 g/mol. The van der Waals surface area contributed by atoms with Crippen molar-refractivity contribution in [2.24, 2.45) is 5.92 Å². The van der Waals surface area contributed by atoms with E-state index in [1.54, 1.807) is 6.92 Å². The lowest BCUT2D eigenvalue weighted by atomic mass is 10.1. The molecule has 0 amide bonds. The van der Waals surface area contributed by atoms with E-state index in [-0.39, 0.29) is 22.4 Å². The van der Waals surface area contributed by atoms with Crippen LogP contribution in [0.25, 0.3) is 0 Å². The SMILES string of the molecule is Cc1ccc(S(=O)(=O)N(CC(C)C)C(C)C)cc1C(=O)O. The van der Waals surface area contributed by atoms with Crippen molar-refractivity contribution in [1.29, 1.82) is 0 Å². The summed E-state index contributed by atoms with van der Waals surface area (Å²) in [5, 5.41) is 9.14. The number of aryl methyl sites for hydroxylation is 1. The predicted octanol–water partition coefficient (Wildman–Crippen LogP) is 2.75. The van der Waals surface area contributed by atoms with Crippen LogP contribution in [0.1, 0.15) is 43.6 Å². The van der Waals surface area contributed by atoms with E-state index in [4.69, 9.17) is 5.11 Å². The van der Waals surface area contributed by atoms with Crippen LogP contribution < -0.4 is 0 Å². The van der Waals surface area contributed by atoms with Gasteiger partial charge in [-0.1, -0.05) is 19.9 Å². The van der Waals surface area contributed by atoms with Crippen molar-refractivity contribution in [2.45, 2.75) is 45.6 Å². The molecule has 0 unspecified atom stereocenters. The van der Waals surface area contributed by atoms with Crippen LogP contribution in [0.4, 0.5) is 0 Å². The van der Waals surface area contributed by atoms with Crippen molar-refractivity contribution in [3.63, 3.8) is 0 Å². The molecule has 1 rings (SSSR count). The Morgan fingerprint density at radius 2 is 1.81 bits per heavy atom. The van der Waals surface area contributed by atoms with E-state index in [1.807, 2.05) is 27.7 Å². The van der Waals surface area contributed by atoms with Crippen LogP contribution in [-0.2, 0) is 10.0 Å². The second-order valence-corrected chi connectivity index (χ2v) is 7.73. The first-order valence-corrected chi connectivity index (χ1v) is 8.37. The van der Waals surface area contributed by atoms with Crippen LogP contribution in [0.3, 0.4) is 0 Å². The second-order valence-electron chi connectivity index (χ2n) is 5.84. The molecule has 0 aliphatic heterocycles. The number of benzene rings is 1. The number of nitrogens with zero attached hydrogens (tertiary/aromatic N) is 1. The van der Waals surface area contributed by atoms with Crippen LogP contribution in [-0.4, -0.2) is 36.4 Å². The zero-order valence-electron chi connectivity index (χ0n) is 13.1. The molecule has 0 fully saturated rings. The fraction of sp³-hybridized carbons (Fsp3) is 0.533. The van der Waals surface area contributed by atoms with Gasteiger partial charge in [0.05, 0.1) is 10.5 Å². The summed E-state index contributed by atoms with van der Waals surface area (Å²) in [6.07, 6.45) is 0. The molecule has 0 aliphatic rings. The Balaban J connectivity index is 3.35. The van der Waals surface area contributed by atoms with Crippen LogP contribution in [0.2, 0.25) is 0 Å². The van der Waals surface area contributed by atoms with Gasteiger partial charge in [-0.2, -0.15) is 4.31 Å². The van der Waals surface area contributed by atoms with E-state index >= 15 is 0 Å². The van der Waals surface area contributed by atoms with Gasteiger partial charge < -0.3 is 5.11 Å². The highest BCUT2D eigenvalue weighted by Crippen LogP contribution is 2.22. The lowest BCUT2D eigenvalue weighted by molar-refractivity contribution is 0.0696. The molecular formula is C15H23NO4S. The maximum Gasteiger partial charge on any atom is 0.335 e. The Bertz CT molecular complexity index is 621.